The van der Waals surface area contributed by atoms with Crippen LogP contribution in [0.2, 0.25) is 10.0 Å². The number of carbonyl (C=O) groups excluding carboxylic acids is 1. The molecule has 2 N–H and O–H groups in total. The first-order valence-corrected chi connectivity index (χ1v) is 11.5. The summed E-state index contributed by atoms with van der Waals surface area (Å²) in [7, 11) is 0. The van der Waals surface area contributed by atoms with Gasteiger partial charge >= 0.3 is 11.9 Å². The highest BCUT2D eigenvalue weighted by atomic mass is 35.5. The number of hydrogen-bond acceptors (Lipinski definition) is 5. The molecule has 0 aliphatic rings. The van der Waals surface area contributed by atoms with Crippen LogP contribution in [0.1, 0.15) is 51.3 Å². The van der Waals surface area contributed by atoms with E-state index in [1.807, 2.05) is 37.5 Å². The predicted molar refractivity (Wildman–Crippen MR) is 125 cm³/mol. The van der Waals surface area contributed by atoms with Crippen LogP contribution >= 0.6 is 23.2 Å². The Morgan fingerprint density at radius 3 is 2.47 bits per heavy atom. The van der Waals surface area contributed by atoms with Crippen molar-refractivity contribution in [1.82, 2.24) is 14.9 Å². The van der Waals surface area contributed by atoms with Crippen molar-refractivity contribution >= 4 is 35.1 Å². The molecule has 0 amide bonds. The summed E-state index contributed by atoms with van der Waals surface area (Å²) in [5.41, 5.74) is 1.65. The van der Waals surface area contributed by atoms with Crippen LogP contribution in [0.4, 0.5) is 0 Å². The van der Waals surface area contributed by atoms with E-state index in [4.69, 9.17) is 27.9 Å². The molecule has 0 aliphatic carbocycles. The number of ether oxygens (including phenoxy) is 1. The first kappa shape index (κ1) is 26.2. The Hall–Kier alpha value is -2.09. The molecular formula is C23H31Cl2N3O4. The van der Waals surface area contributed by atoms with Gasteiger partial charge in [-0.1, -0.05) is 50.4 Å². The number of aliphatic carboxylic acids is 1. The molecule has 0 radical (unpaired) electrons. The number of carbonyl (C=O) groups is 2. The van der Waals surface area contributed by atoms with Crippen molar-refractivity contribution in [2.24, 2.45) is 5.92 Å². The average Bonchev–Trinajstić information content (AvgIpc) is 3.12. The molecule has 176 valence electrons. The second-order valence-corrected chi connectivity index (χ2v) is 9.13. The fourth-order valence-corrected chi connectivity index (χ4v) is 3.92. The Balaban J connectivity index is 2.22. The predicted octanol–water partition coefficient (Wildman–Crippen LogP) is 4.58. The summed E-state index contributed by atoms with van der Waals surface area (Å²) >= 11 is 12.2. The summed E-state index contributed by atoms with van der Waals surface area (Å²) in [5.74, 6) is -1.31. The fourth-order valence-electron chi connectivity index (χ4n) is 3.35. The Kier molecular flexibility index (Phi) is 10.5. The SMILES string of the molecule is CCCCOC(=O)[C@H](Cc1cncn1Cc1cc(Cl)cc(Cl)c1)N[C@@H](CC(C)C)C(=O)O. The van der Waals surface area contributed by atoms with Gasteiger partial charge < -0.3 is 14.4 Å². The van der Waals surface area contributed by atoms with Crippen LogP contribution in [0, 0.1) is 5.92 Å². The third-order valence-electron chi connectivity index (χ3n) is 4.92. The van der Waals surface area contributed by atoms with Crippen LogP contribution in [-0.2, 0) is 27.3 Å². The Morgan fingerprint density at radius 1 is 1.19 bits per heavy atom. The van der Waals surface area contributed by atoms with Gasteiger partial charge in [0.15, 0.2) is 0 Å². The van der Waals surface area contributed by atoms with Crippen LogP contribution in [0.5, 0.6) is 0 Å². The van der Waals surface area contributed by atoms with Gasteiger partial charge in [-0.25, -0.2) is 4.98 Å². The van der Waals surface area contributed by atoms with Gasteiger partial charge in [0.1, 0.15) is 12.1 Å². The van der Waals surface area contributed by atoms with Crippen LogP contribution in [0.25, 0.3) is 0 Å². The van der Waals surface area contributed by atoms with E-state index in [9.17, 15) is 14.7 Å². The lowest BCUT2D eigenvalue weighted by molar-refractivity contribution is -0.147. The highest BCUT2D eigenvalue weighted by Gasteiger charge is 2.29. The van der Waals surface area contributed by atoms with E-state index < -0.39 is 24.0 Å². The number of nitrogens with zero attached hydrogens (tertiary/aromatic N) is 2. The number of nitrogens with one attached hydrogen (secondary N) is 1. The molecule has 0 aliphatic heterocycles. The number of esters is 1. The first-order valence-electron chi connectivity index (χ1n) is 10.8. The monoisotopic (exact) mass is 483 g/mol. The van der Waals surface area contributed by atoms with E-state index in [1.165, 1.54) is 0 Å². The number of halogens is 2. The van der Waals surface area contributed by atoms with Crippen molar-refractivity contribution in [2.45, 2.75) is 65.1 Å². The van der Waals surface area contributed by atoms with Crippen molar-refractivity contribution in [3.05, 3.63) is 52.0 Å². The molecule has 0 bridgehead atoms. The lowest BCUT2D eigenvalue weighted by Gasteiger charge is -2.24. The van der Waals surface area contributed by atoms with Crippen molar-refractivity contribution in [2.75, 3.05) is 6.61 Å². The van der Waals surface area contributed by atoms with E-state index >= 15 is 0 Å². The molecule has 0 fully saturated rings. The molecule has 32 heavy (non-hydrogen) atoms. The van der Waals surface area contributed by atoms with Crippen LogP contribution in [-0.4, -0.2) is 45.3 Å². The largest absolute Gasteiger partial charge is 0.480 e. The van der Waals surface area contributed by atoms with E-state index in [0.29, 0.717) is 29.6 Å². The number of unbranched alkanes of at least 4 members (excludes halogenated alkanes) is 1. The van der Waals surface area contributed by atoms with Gasteiger partial charge in [0.05, 0.1) is 12.9 Å². The van der Waals surface area contributed by atoms with Crippen molar-refractivity contribution in [1.29, 1.82) is 0 Å². The second kappa shape index (κ2) is 12.8. The lowest BCUT2D eigenvalue weighted by Crippen LogP contribution is -2.49. The molecule has 0 unspecified atom stereocenters. The molecule has 7 nitrogen and oxygen atoms in total. The Labute approximate surface area is 199 Å². The van der Waals surface area contributed by atoms with Crippen LogP contribution in [0.3, 0.4) is 0 Å². The third-order valence-corrected chi connectivity index (χ3v) is 5.36. The number of hydrogen-bond donors (Lipinski definition) is 2. The number of aromatic nitrogens is 2. The molecule has 0 saturated carbocycles. The van der Waals surface area contributed by atoms with Crippen LogP contribution < -0.4 is 5.32 Å². The standard InChI is InChI=1S/C23H31Cl2N3O4/c1-4-5-6-32-23(31)21(27-20(22(29)30)7-15(2)3)11-19-12-26-14-28(19)13-16-8-17(24)10-18(25)9-16/h8-10,12,14-15,20-21,27H,4-7,11,13H2,1-3H3,(H,29,30)/t20-,21-/m0/s1. The fraction of sp³-hybridized carbons (Fsp3) is 0.522. The average molecular weight is 484 g/mol. The topological polar surface area (TPSA) is 93.5 Å². The van der Waals surface area contributed by atoms with Crippen LogP contribution in [0.15, 0.2) is 30.7 Å². The van der Waals surface area contributed by atoms with Gasteiger partial charge in [-0.3, -0.25) is 14.9 Å². The molecule has 1 heterocycles. The van der Waals surface area contributed by atoms with E-state index in [0.717, 1.165) is 24.1 Å². The maximum atomic E-state index is 12.8. The molecule has 0 saturated heterocycles. The third kappa shape index (κ3) is 8.45. The van der Waals surface area contributed by atoms with Gasteiger partial charge in [-0.2, -0.15) is 0 Å². The minimum atomic E-state index is -0.993. The maximum Gasteiger partial charge on any atom is 0.323 e. The van der Waals surface area contributed by atoms with Gasteiger partial charge in [0.25, 0.3) is 0 Å². The molecule has 2 aromatic rings. The van der Waals surface area contributed by atoms with Gasteiger partial charge in [0.2, 0.25) is 0 Å². The summed E-state index contributed by atoms with van der Waals surface area (Å²) in [6, 6.07) is 3.62. The molecule has 9 heteroatoms. The molecule has 2 rings (SSSR count). The minimum absolute atomic E-state index is 0.151. The zero-order chi connectivity index (χ0) is 23.7. The van der Waals surface area contributed by atoms with E-state index in [1.54, 1.807) is 18.6 Å². The highest BCUT2D eigenvalue weighted by molar-refractivity contribution is 6.34. The quantitative estimate of drug-likeness (QED) is 0.319. The number of imidazole rings is 1. The summed E-state index contributed by atoms with van der Waals surface area (Å²) in [6.45, 7) is 6.65. The number of carboxylic acid groups (broad SMARTS) is 1. The lowest BCUT2D eigenvalue weighted by atomic mass is 10.0. The molecule has 0 spiro atoms. The maximum absolute atomic E-state index is 12.8. The van der Waals surface area contributed by atoms with Gasteiger partial charge in [-0.05, 0) is 42.5 Å². The minimum Gasteiger partial charge on any atom is -0.480 e. The zero-order valence-corrected chi connectivity index (χ0v) is 20.2. The summed E-state index contributed by atoms with van der Waals surface area (Å²) in [4.78, 5) is 28.8. The summed E-state index contributed by atoms with van der Waals surface area (Å²) in [5, 5.41) is 13.7. The van der Waals surface area contributed by atoms with E-state index in [2.05, 4.69) is 10.3 Å². The molecule has 2 atom stereocenters. The summed E-state index contributed by atoms with van der Waals surface area (Å²) in [6.07, 6.45) is 5.60. The molecular weight excluding hydrogens is 453 g/mol. The Morgan fingerprint density at radius 2 is 1.88 bits per heavy atom. The number of benzene rings is 1. The Bertz CT molecular complexity index is 881. The van der Waals surface area contributed by atoms with E-state index in [-0.39, 0.29) is 12.3 Å². The number of rotatable bonds is 13. The van der Waals surface area contributed by atoms with Gasteiger partial charge in [-0.15, -0.1) is 0 Å². The smallest absolute Gasteiger partial charge is 0.323 e. The number of carboxylic acids is 1. The van der Waals surface area contributed by atoms with Crippen molar-refractivity contribution < 1.29 is 19.4 Å². The molecule has 1 aromatic carbocycles. The summed E-state index contributed by atoms with van der Waals surface area (Å²) < 4.78 is 7.29. The van der Waals surface area contributed by atoms with Crippen molar-refractivity contribution in [3.8, 4) is 0 Å². The normalized spacial score (nSPS) is 13.2. The highest BCUT2D eigenvalue weighted by Crippen LogP contribution is 2.20. The van der Waals surface area contributed by atoms with Crippen molar-refractivity contribution in [3.63, 3.8) is 0 Å². The second-order valence-electron chi connectivity index (χ2n) is 8.26. The molecule has 1 aromatic heterocycles. The first-order chi connectivity index (χ1) is 15.2. The van der Waals surface area contributed by atoms with Gasteiger partial charge in [0, 0.05) is 34.9 Å². The zero-order valence-electron chi connectivity index (χ0n) is 18.7.